The normalized spacial score (nSPS) is 12.2. The molecule has 25 heavy (non-hydrogen) atoms. The number of nitrogens with zero attached hydrogens (tertiary/aromatic N) is 1. The van der Waals surface area contributed by atoms with E-state index in [-0.39, 0.29) is 11.9 Å². The molecule has 0 aliphatic heterocycles. The van der Waals surface area contributed by atoms with Crippen molar-refractivity contribution >= 4 is 16.9 Å². The fourth-order valence-electron chi connectivity index (χ4n) is 3.04. The van der Waals surface area contributed by atoms with Crippen molar-refractivity contribution in [1.82, 2.24) is 20.3 Å². The SMILES string of the molecule is Cc1[nH]ccc1C(=O)NC(c1ccccc1)c1ccc2nc[nH]c2c1. The minimum atomic E-state index is -0.240. The van der Waals surface area contributed by atoms with E-state index in [0.29, 0.717) is 5.56 Å². The molecule has 0 saturated heterocycles. The molecule has 0 spiro atoms. The molecule has 1 amide bonds. The predicted molar refractivity (Wildman–Crippen MR) is 97.4 cm³/mol. The largest absolute Gasteiger partial charge is 0.365 e. The molecule has 0 aliphatic rings. The highest BCUT2D eigenvalue weighted by atomic mass is 16.1. The van der Waals surface area contributed by atoms with Crippen molar-refractivity contribution in [1.29, 1.82) is 0 Å². The molecule has 0 saturated carbocycles. The van der Waals surface area contributed by atoms with Gasteiger partial charge in [-0.25, -0.2) is 4.98 Å². The van der Waals surface area contributed by atoms with Crippen molar-refractivity contribution in [3.05, 3.63) is 89.5 Å². The fraction of sp³-hybridized carbons (Fsp3) is 0.100. The van der Waals surface area contributed by atoms with Gasteiger partial charge in [-0.1, -0.05) is 36.4 Å². The van der Waals surface area contributed by atoms with Gasteiger partial charge in [0.1, 0.15) is 0 Å². The molecule has 0 aliphatic carbocycles. The maximum atomic E-state index is 12.7. The van der Waals surface area contributed by atoms with Crippen LogP contribution in [0.15, 0.2) is 67.1 Å². The van der Waals surface area contributed by atoms with Gasteiger partial charge in [-0.3, -0.25) is 4.79 Å². The van der Waals surface area contributed by atoms with Crippen molar-refractivity contribution in [2.24, 2.45) is 0 Å². The Morgan fingerprint density at radius 1 is 1.04 bits per heavy atom. The van der Waals surface area contributed by atoms with Gasteiger partial charge in [-0.05, 0) is 36.2 Å². The topological polar surface area (TPSA) is 73.6 Å². The van der Waals surface area contributed by atoms with Crippen molar-refractivity contribution < 1.29 is 4.79 Å². The summed E-state index contributed by atoms with van der Waals surface area (Å²) in [4.78, 5) is 23.2. The molecule has 4 aromatic rings. The second kappa shape index (κ2) is 6.28. The lowest BCUT2D eigenvalue weighted by Gasteiger charge is -2.20. The highest BCUT2D eigenvalue weighted by Crippen LogP contribution is 2.25. The summed E-state index contributed by atoms with van der Waals surface area (Å²) in [6.45, 7) is 1.89. The summed E-state index contributed by atoms with van der Waals surface area (Å²) in [6.07, 6.45) is 3.45. The number of hydrogen-bond acceptors (Lipinski definition) is 2. The van der Waals surface area contributed by atoms with Gasteiger partial charge in [0.25, 0.3) is 5.91 Å². The third-order valence-electron chi connectivity index (χ3n) is 4.38. The lowest BCUT2D eigenvalue weighted by molar-refractivity contribution is 0.0942. The van der Waals surface area contributed by atoms with Gasteiger partial charge in [0, 0.05) is 11.9 Å². The van der Waals surface area contributed by atoms with Crippen LogP contribution in [0.1, 0.15) is 33.2 Å². The number of carbonyl (C=O) groups excluding carboxylic acids is 1. The Bertz CT molecular complexity index is 1020. The van der Waals surface area contributed by atoms with E-state index in [1.165, 1.54) is 0 Å². The van der Waals surface area contributed by atoms with Gasteiger partial charge in [0.15, 0.2) is 0 Å². The molecule has 124 valence electrons. The van der Waals surface area contributed by atoms with Crippen molar-refractivity contribution in [3.8, 4) is 0 Å². The van der Waals surface area contributed by atoms with Crippen LogP contribution in [-0.4, -0.2) is 20.9 Å². The molecular weight excluding hydrogens is 312 g/mol. The Balaban J connectivity index is 1.74. The first-order valence-electron chi connectivity index (χ1n) is 8.15. The summed E-state index contributed by atoms with van der Waals surface area (Å²) in [7, 11) is 0. The van der Waals surface area contributed by atoms with Crippen LogP contribution in [0.5, 0.6) is 0 Å². The summed E-state index contributed by atoms with van der Waals surface area (Å²) in [6, 6.07) is 17.5. The highest BCUT2D eigenvalue weighted by molar-refractivity contribution is 5.95. The number of hydrogen-bond donors (Lipinski definition) is 3. The Morgan fingerprint density at radius 2 is 1.88 bits per heavy atom. The van der Waals surface area contributed by atoms with Crippen molar-refractivity contribution in [3.63, 3.8) is 0 Å². The van der Waals surface area contributed by atoms with E-state index in [4.69, 9.17) is 0 Å². The molecule has 0 bridgehead atoms. The molecule has 4 rings (SSSR count). The van der Waals surface area contributed by atoms with Crippen LogP contribution < -0.4 is 5.32 Å². The minimum Gasteiger partial charge on any atom is -0.365 e. The molecule has 5 heteroatoms. The fourth-order valence-corrected chi connectivity index (χ4v) is 3.04. The van der Waals surface area contributed by atoms with Crippen LogP contribution >= 0.6 is 0 Å². The molecule has 2 aromatic carbocycles. The number of aryl methyl sites for hydroxylation is 1. The third-order valence-corrected chi connectivity index (χ3v) is 4.38. The van der Waals surface area contributed by atoms with Gasteiger partial charge in [0.05, 0.1) is 29.0 Å². The first-order valence-corrected chi connectivity index (χ1v) is 8.15. The summed E-state index contributed by atoms with van der Waals surface area (Å²) in [5, 5.41) is 3.16. The number of nitrogens with one attached hydrogen (secondary N) is 3. The Labute approximate surface area is 145 Å². The molecule has 0 fully saturated rings. The maximum Gasteiger partial charge on any atom is 0.253 e. The summed E-state index contributed by atoms with van der Waals surface area (Å²) < 4.78 is 0. The predicted octanol–water partition coefficient (Wildman–Crippen LogP) is 3.72. The monoisotopic (exact) mass is 330 g/mol. The Hall–Kier alpha value is -3.34. The molecule has 0 radical (unpaired) electrons. The molecule has 1 atom stereocenters. The zero-order valence-electron chi connectivity index (χ0n) is 13.8. The number of aromatic nitrogens is 3. The number of H-pyrrole nitrogens is 2. The van der Waals surface area contributed by atoms with Crippen LogP contribution in [0.4, 0.5) is 0 Å². The van der Waals surface area contributed by atoms with Gasteiger partial charge in [-0.2, -0.15) is 0 Å². The quantitative estimate of drug-likeness (QED) is 0.533. The van der Waals surface area contributed by atoms with E-state index in [0.717, 1.165) is 27.9 Å². The van der Waals surface area contributed by atoms with Crippen molar-refractivity contribution in [2.45, 2.75) is 13.0 Å². The van der Waals surface area contributed by atoms with E-state index in [1.807, 2.05) is 55.5 Å². The number of rotatable bonds is 4. The molecule has 5 nitrogen and oxygen atoms in total. The number of imidazole rings is 1. The number of aromatic amines is 2. The molecule has 1 unspecified atom stereocenters. The second-order valence-corrected chi connectivity index (χ2v) is 6.01. The molecule has 3 N–H and O–H groups in total. The Morgan fingerprint density at radius 3 is 2.64 bits per heavy atom. The van der Waals surface area contributed by atoms with E-state index >= 15 is 0 Å². The van der Waals surface area contributed by atoms with Crippen LogP contribution in [0.25, 0.3) is 11.0 Å². The lowest BCUT2D eigenvalue weighted by Crippen LogP contribution is -2.29. The van der Waals surface area contributed by atoms with Crippen LogP contribution in [-0.2, 0) is 0 Å². The number of benzene rings is 2. The van der Waals surface area contributed by atoms with Crippen molar-refractivity contribution in [2.75, 3.05) is 0 Å². The summed E-state index contributed by atoms with van der Waals surface area (Å²) >= 11 is 0. The van der Waals surface area contributed by atoms with E-state index in [1.54, 1.807) is 18.6 Å². The van der Waals surface area contributed by atoms with Crippen LogP contribution in [0, 0.1) is 6.92 Å². The van der Waals surface area contributed by atoms with Crippen LogP contribution in [0.3, 0.4) is 0 Å². The zero-order chi connectivity index (χ0) is 17.2. The van der Waals surface area contributed by atoms with Gasteiger partial charge in [0.2, 0.25) is 0 Å². The zero-order valence-corrected chi connectivity index (χ0v) is 13.8. The highest BCUT2D eigenvalue weighted by Gasteiger charge is 2.19. The lowest BCUT2D eigenvalue weighted by atomic mass is 9.97. The average molecular weight is 330 g/mol. The minimum absolute atomic E-state index is 0.0997. The number of carbonyl (C=O) groups is 1. The van der Waals surface area contributed by atoms with Gasteiger partial charge < -0.3 is 15.3 Å². The van der Waals surface area contributed by atoms with E-state index in [2.05, 4.69) is 20.3 Å². The number of amides is 1. The second-order valence-electron chi connectivity index (χ2n) is 6.01. The smallest absolute Gasteiger partial charge is 0.253 e. The molecule has 2 aromatic heterocycles. The maximum absolute atomic E-state index is 12.7. The summed E-state index contributed by atoms with van der Waals surface area (Å²) in [5.41, 5.74) is 5.40. The first-order chi connectivity index (χ1) is 12.2. The van der Waals surface area contributed by atoms with Gasteiger partial charge >= 0.3 is 0 Å². The van der Waals surface area contributed by atoms with E-state index < -0.39 is 0 Å². The Kier molecular flexibility index (Phi) is 3.82. The van der Waals surface area contributed by atoms with E-state index in [9.17, 15) is 4.79 Å². The molecular formula is C20H18N4O. The van der Waals surface area contributed by atoms with Crippen LogP contribution in [0.2, 0.25) is 0 Å². The average Bonchev–Trinajstić information content (AvgIpc) is 3.28. The first kappa shape index (κ1) is 15.2. The molecule has 2 heterocycles. The number of fused-ring (bicyclic) bond motifs is 1. The standard InChI is InChI=1S/C20H18N4O/c1-13-16(9-10-21-13)20(25)24-19(14-5-3-2-4-6-14)15-7-8-17-18(11-15)23-12-22-17/h2-12,19,21H,1H3,(H,22,23)(H,24,25). The summed E-state index contributed by atoms with van der Waals surface area (Å²) in [5.74, 6) is -0.0997. The third kappa shape index (κ3) is 2.92. The van der Waals surface area contributed by atoms with Gasteiger partial charge in [-0.15, -0.1) is 0 Å².